The van der Waals surface area contributed by atoms with Crippen LogP contribution in [0.25, 0.3) is 76.5 Å². The van der Waals surface area contributed by atoms with Gasteiger partial charge in [0, 0.05) is 17.1 Å². The van der Waals surface area contributed by atoms with Crippen LogP contribution in [0.1, 0.15) is 0 Å². The molecule has 10 rings (SSSR count). The maximum atomic E-state index is 2.39. The van der Waals surface area contributed by atoms with Gasteiger partial charge in [-0.15, -0.1) is 0 Å². The molecule has 0 aliphatic rings. The topological polar surface area (TPSA) is 3.24 Å². The Bertz CT molecular complexity index is 2940. The Morgan fingerprint density at radius 2 is 0.679 bits per heavy atom. The Kier molecular flexibility index (Phi) is 7.55. The third-order valence-electron chi connectivity index (χ3n) is 10.6. The number of hydrogen-bond donors (Lipinski definition) is 0. The normalized spacial score (nSPS) is 11.4. The Hall–Kier alpha value is -6.96. The van der Waals surface area contributed by atoms with Crippen molar-refractivity contribution in [1.29, 1.82) is 0 Å². The standard InChI is InChI=1S/C52H35N/c1-2-12-36(13-3-1)37-26-29-42(30-27-37)53(43-19-8-17-40(34-43)47-23-10-16-38-14-4-6-21-45(38)47)44-20-9-18-41(35-44)48-24-11-25-49-51(48)33-32-50-46-22-7-5-15-39(46)28-31-52(49)50/h1-35H. The summed E-state index contributed by atoms with van der Waals surface area (Å²) in [5, 5.41) is 10.2. The zero-order chi connectivity index (χ0) is 35.1. The summed E-state index contributed by atoms with van der Waals surface area (Å²) in [6.45, 7) is 0. The maximum Gasteiger partial charge on any atom is 0.0467 e. The van der Waals surface area contributed by atoms with Gasteiger partial charge in [0.05, 0.1) is 0 Å². The summed E-state index contributed by atoms with van der Waals surface area (Å²) in [5.41, 5.74) is 10.6. The molecule has 0 atom stereocenters. The molecule has 0 spiro atoms. The van der Waals surface area contributed by atoms with Gasteiger partial charge in [-0.2, -0.15) is 0 Å². The lowest BCUT2D eigenvalue weighted by atomic mass is 9.92. The number of rotatable bonds is 6. The van der Waals surface area contributed by atoms with Crippen LogP contribution < -0.4 is 4.90 Å². The summed E-state index contributed by atoms with van der Waals surface area (Å²) >= 11 is 0. The van der Waals surface area contributed by atoms with Gasteiger partial charge in [0.2, 0.25) is 0 Å². The molecular weight excluding hydrogens is 639 g/mol. The highest BCUT2D eigenvalue weighted by Gasteiger charge is 2.17. The second-order valence-electron chi connectivity index (χ2n) is 13.7. The molecule has 0 unspecified atom stereocenters. The monoisotopic (exact) mass is 673 g/mol. The predicted octanol–water partition coefficient (Wildman–Crippen LogP) is 14.8. The van der Waals surface area contributed by atoms with Crippen molar-refractivity contribution in [2.75, 3.05) is 4.90 Å². The van der Waals surface area contributed by atoms with Crippen LogP contribution in [0.2, 0.25) is 0 Å². The third kappa shape index (κ3) is 5.51. The van der Waals surface area contributed by atoms with Crippen LogP contribution in [-0.2, 0) is 0 Å². The van der Waals surface area contributed by atoms with Gasteiger partial charge < -0.3 is 4.90 Å². The molecule has 1 nitrogen and oxygen atoms in total. The van der Waals surface area contributed by atoms with E-state index >= 15 is 0 Å². The quantitative estimate of drug-likeness (QED) is 0.159. The van der Waals surface area contributed by atoms with Gasteiger partial charge in [-0.1, -0.05) is 176 Å². The molecule has 53 heavy (non-hydrogen) atoms. The van der Waals surface area contributed by atoms with Gasteiger partial charge in [-0.05, 0) is 113 Å². The molecule has 0 N–H and O–H groups in total. The molecule has 10 aromatic carbocycles. The van der Waals surface area contributed by atoms with Crippen molar-refractivity contribution in [1.82, 2.24) is 0 Å². The molecule has 0 amide bonds. The summed E-state index contributed by atoms with van der Waals surface area (Å²) in [4.78, 5) is 2.39. The van der Waals surface area contributed by atoms with Crippen LogP contribution >= 0.6 is 0 Å². The highest BCUT2D eigenvalue weighted by Crippen LogP contribution is 2.42. The lowest BCUT2D eigenvalue weighted by Crippen LogP contribution is -2.10. The lowest BCUT2D eigenvalue weighted by molar-refractivity contribution is 1.28. The zero-order valence-corrected chi connectivity index (χ0v) is 29.2. The van der Waals surface area contributed by atoms with Crippen LogP contribution in [0.15, 0.2) is 212 Å². The second kappa shape index (κ2) is 13.0. The van der Waals surface area contributed by atoms with E-state index in [1.165, 1.54) is 76.5 Å². The lowest BCUT2D eigenvalue weighted by Gasteiger charge is -2.27. The van der Waals surface area contributed by atoms with Gasteiger partial charge >= 0.3 is 0 Å². The van der Waals surface area contributed by atoms with E-state index in [1.54, 1.807) is 0 Å². The number of fused-ring (bicyclic) bond motifs is 6. The molecule has 0 bridgehead atoms. The molecule has 0 aliphatic heterocycles. The van der Waals surface area contributed by atoms with Crippen LogP contribution in [0.3, 0.4) is 0 Å². The first-order valence-electron chi connectivity index (χ1n) is 18.3. The molecule has 0 saturated carbocycles. The van der Waals surface area contributed by atoms with Crippen molar-refractivity contribution in [3.8, 4) is 33.4 Å². The smallest absolute Gasteiger partial charge is 0.0467 e. The summed E-state index contributed by atoms with van der Waals surface area (Å²) in [5.74, 6) is 0. The van der Waals surface area contributed by atoms with Crippen molar-refractivity contribution in [3.63, 3.8) is 0 Å². The highest BCUT2D eigenvalue weighted by molar-refractivity contribution is 6.19. The van der Waals surface area contributed by atoms with Crippen LogP contribution in [0.4, 0.5) is 17.1 Å². The molecule has 248 valence electrons. The van der Waals surface area contributed by atoms with Gasteiger partial charge in [-0.3, -0.25) is 0 Å². The Labute approximate surface area is 309 Å². The van der Waals surface area contributed by atoms with Crippen molar-refractivity contribution in [3.05, 3.63) is 212 Å². The largest absolute Gasteiger partial charge is 0.310 e. The van der Waals surface area contributed by atoms with Crippen molar-refractivity contribution in [2.24, 2.45) is 0 Å². The van der Waals surface area contributed by atoms with Gasteiger partial charge in [0.25, 0.3) is 0 Å². The summed E-state index contributed by atoms with van der Waals surface area (Å²) in [6, 6.07) is 77.2. The first kappa shape index (κ1) is 30.8. The summed E-state index contributed by atoms with van der Waals surface area (Å²) in [7, 11) is 0. The number of benzene rings is 10. The van der Waals surface area contributed by atoms with E-state index in [9.17, 15) is 0 Å². The predicted molar refractivity (Wildman–Crippen MR) is 227 cm³/mol. The third-order valence-corrected chi connectivity index (χ3v) is 10.6. The fourth-order valence-electron chi connectivity index (χ4n) is 8.09. The van der Waals surface area contributed by atoms with E-state index in [0.29, 0.717) is 0 Å². The minimum atomic E-state index is 1.10. The number of nitrogens with zero attached hydrogens (tertiary/aromatic N) is 1. The number of hydrogen-bond acceptors (Lipinski definition) is 1. The molecule has 10 aromatic rings. The molecular formula is C52H35N. The Morgan fingerprint density at radius 1 is 0.226 bits per heavy atom. The second-order valence-corrected chi connectivity index (χ2v) is 13.7. The van der Waals surface area contributed by atoms with E-state index in [2.05, 4.69) is 217 Å². The van der Waals surface area contributed by atoms with Crippen LogP contribution in [0.5, 0.6) is 0 Å². The van der Waals surface area contributed by atoms with E-state index in [1.807, 2.05) is 0 Å². The van der Waals surface area contributed by atoms with Gasteiger partial charge in [0.1, 0.15) is 0 Å². The molecule has 0 aliphatic carbocycles. The van der Waals surface area contributed by atoms with Crippen LogP contribution in [0, 0.1) is 0 Å². The van der Waals surface area contributed by atoms with Crippen molar-refractivity contribution >= 4 is 60.2 Å². The fourth-order valence-corrected chi connectivity index (χ4v) is 8.09. The van der Waals surface area contributed by atoms with Crippen LogP contribution in [-0.4, -0.2) is 0 Å². The van der Waals surface area contributed by atoms with E-state index < -0.39 is 0 Å². The minimum Gasteiger partial charge on any atom is -0.310 e. The zero-order valence-electron chi connectivity index (χ0n) is 29.2. The highest BCUT2D eigenvalue weighted by atomic mass is 15.1. The number of anilines is 3. The Morgan fingerprint density at radius 3 is 1.42 bits per heavy atom. The molecule has 0 saturated heterocycles. The van der Waals surface area contributed by atoms with Gasteiger partial charge in [-0.25, -0.2) is 0 Å². The summed E-state index contributed by atoms with van der Waals surface area (Å²) in [6.07, 6.45) is 0. The minimum absolute atomic E-state index is 1.10. The van der Waals surface area contributed by atoms with E-state index in [0.717, 1.165) is 17.1 Å². The first-order valence-corrected chi connectivity index (χ1v) is 18.3. The van der Waals surface area contributed by atoms with Crippen molar-refractivity contribution in [2.45, 2.75) is 0 Å². The molecule has 1 heteroatoms. The van der Waals surface area contributed by atoms with E-state index in [-0.39, 0.29) is 0 Å². The average molecular weight is 674 g/mol. The van der Waals surface area contributed by atoms with Crippen molar-refractivity contribution < 1.29 is 0 Å². The first-order chi connectivity index (χ1) is 26.3. The van der Waals surface area contributed by atoms with E-state index in [4.69, 9.17) is 0 Å². The SMILES string of the molecule is c1ccc(-c2ccc(N(c3cccc(-c4cccc5ccccc45)c3)c3cccc(-c4cccc5c4ccc4c6ccccc6ccc54)c3)cc2)cc1. The molecule has 0 fully saturated rings. The molecule has 0 radical (unpaired) electrons. The molecule has 0 heterocycles. The van der Waals surface area contributed by atoms with Gasteiger partial charge in [0.15, 0.2) is 0 Å². The summed E-state index contributed by atoms with van der Waals surface area (Å²) < 4.78 is 0. The Balaban J connectivity index is 1.13. The fraction of sp³-hybridized carbons (Fsp3) is 0. The molecule has 0 aromatic heterocycles. The average Bonchev–Trinajstić information content (AvgIpc) is 3.24. The maximum absolute atomic E-state index is 2.39.